The molecule has 0 bridgehead atoms. The number of aromatic amines is 1. The molecule has 2 aromatic carbocycles. The lowest BCUT2D eigenvalue weighted by Crippen LogP contribution is -2.14. The van der Waals surface area contributed by atoms with Gasteiger partial charge in [-0.15, -0.1) is 0 Å². The Hall–Kier alpha value is -3.08. The van der Waals surface area contributed by atoms with Gasteiger partial charge < -0.3 is 10.1 Å². The number of benzene rings is 2. The number of aryl methyl sites for hydroxylation is 1. The number of carbonyl (C=O) groups is 1. The van der Waals surface area contributed by atoms with Gasteiger partial charge in [-0.25, -0.2) is 0 Å². The lowest BCUT2D eigenvalue weighted by molar-refractivity contribution is -0.115. The molecule has 3 rings (SSSR count). The second kappa shape index (κ2) is 7.66. The molecule has 0 aliphatic carbocycles. The number of carbonyl (C=O) groups excluding carboxylic acids is 1. The van der Waals surface area contributed by atoms with Crippen molar-refractivity contribution in [3.63, 3.8) is 0 Å². The Bertz CT molecular complexity index is 836. The van der Waals surface area contributed by atoms with Gasteiger partial charge in [0.2, 0.25) is 5.91 Å². The maximum atomic E-state index is 12.2. The van der Waals surface area contributed by atoms with Gasteiger partial charge in [0, 0.05) is 16.9 Å². The number of amides is 1. The van der Waals surface area contributed by atoms with Gasteiger partial charge in [0.1, 0.15) is 5.75 Å². The third kappa shape index (κ3) is 4.47. The van der Waals surface area contributed by atoms with Crippen LogP contribution in [0.2, 0.25) is 0 Å². The summed E-state index contributed by atoms with van der Waals surface area (Å²) >= 11 is 0. The van der Waals surface area contributed by atoms with E-state index < -0.39 is 0 Å². The van der Waals surface area contributed by atoms with Crippen LogP contribution in [0.4, 0.5) is 5.69 Å². The molecule has 2 N–H and O–H groups in total. The van der Waals surface area contributed by atoms with Crippen LogP contribution >= 0.6 is 0 Å². The van der Waals surface area contributed by atoms with Gasteiger partial charge >= 0.3 is 0 Å². The average molecular weight is 335 g/mol. The number of nitrogens with one attached hydrogen (secondary N) is 2. The van der Waals surface area contributed by atoms with E-state index in [1.54, 1.807) is 0 Å². The Morgan fingerprint density at radius 2 is 1.84 bits per heavy atom. The number of rotatable bonds is 6. The Morgan fingerprint density at radius 3 is 2.44 bits per heavy atom. The highest BCUT2D eigenvalue weighted by Crippen LogP contribution is 2.20. The summed E-state index contributed by atoms with van der Waals surface area (Å²) in [4.78, 5) is 12.2. The van der Waals surface area contributed by atoms with Gasteiger partial charge in [0.05, 0.1) is 18.7 Å². The van der Waals surface area contributed by atoms with Crippen LogP contribution in [0.25, 0.3) is 11.3 Å². The average Bonchev–Trinajstić information content (AvgIpc) is 3.04. The van der Waals surface area contributed by atoms with E-state index in [1.807, 2.05) is 68.4 Å². The molecule has 0 unspecified atom stereocenters. The van der Waals surface area contributed by atoms with Crippen molar-refractivity contribution in [1.29, 1.82) is 0 Å². The van der Waals surface area contributed by atoms with Crippen molar-refractivity contribution < 1.29 is 9.53 Å². The number of ether oxygens (including phenoxy) is 1. The molecule has 1 amide bonds. The molecule has 25 heavy (non-hydrogen) atoms. The van der Waals surface area contributed by atoms with E-state index in [4.69, 9.17) is 4.74 Å². The molecule has 0 radical (unpaired) electrons. The first-order valence-corrected chi connectivity index (χ1v) is 8.28. The minimum atomic E-state index is -0.0486. The largest absolute Gasteiger partial charge is 0.494 e. The molecule has 0 atom stereocenters. The molecule has 5 nitrogen and oxygen atoms in total. The standard InChI is InChI=1S/C20H21N3O2/c1-3-25-18-10-4-15(5-11-18)13-20(24)21-17-8-6-16(7-9-17)19-12-14(2)22-23-19/h4-12H,3,13H2,1-2H3,(H,21,24)(H,22,23). The van der Waals surface area contributed by atoms with Gasteiger partial charge in [-0.05, 0) is 49.7 Å². The molecule has 0 saturated carbocycles. The van der Waals surface area contributed by atoms with E-state index in [2.05, 4.69) is 15.5 Å². The molecular weight excluding hydrogens is 314 g/mol. The molecule has 0 spiro atoms. The molecule has 0 saturated heterocycles. The van der Waals surface area contributed by atoms with Crippen LogP contribution in [0.3, 0.4) is 0 Å². The fourth-order valence-electron chi connectivity index (χ4n) is 2.55. The van der Waals surface area contributed by atoms with Crippen LogP contribution < -0.4 is 10.1 Å². The SMILES string of the molecule is CCOc1ccc(CC(=O)Nc2ccc(-c3cc(C)[nH]n3)cc2)cc1. The summed E-state index contributed by atoms with van der Waals surface area (Å²) in [6.07, 6.45) is 0.326. The predicted molar refractivity (Wildman–Crippen MR) is 98.7 cm³/mol. The van der Waals surface area contributed by atoms with E-state index in [-0.39, 0.29) is 5.91 Å². The quantitative estimate of drug-likeness (QED) is 0.716. The van der Waals surface area contributed by atoms with Crippen molar-refractivity contribution in [3.05, 3.63) is 65.9 Å². The number of anilines is 1. The predicted octanol–water partition coefficient (Wildman–Crippen LogP) is 3.97. The Labute approximate surface area is 147 Å². The van der Waals surface area contributed by atoms with E-state index in [0.29, 0.717) is 13.0 Å². The number of hydrogen-bond donors (Lipinski definition) is 2. The minimum absolute atomic E-state index is 0.0486. The van der Waals surface area contributed by atoms with Crippen molar-refractivity contribution >= 4 is 11.6 Å². The van der Waals surface area contributed by atoms with Crippen LogP contribution in [0.5, 0.6) is 5.75 Å². The highest BCUT2D eigenvalue weighted by atomic mass is 16.5. The maximum absolute atomic E-state index is 12.2. The summed E-state index contributed by atoms with van der Waals surface area (Å²) in [7, 11) is 0. The Morgan fingerprint density at radius 1 is 1.12 bits per heavy atom. The lowest BCUT2D eigenvalue weighted by atomic mass is 10.1. The van der Waals surface area contributed by atoms with Crippen LogP contribution in [-0.2, 0) is 11.2 Å². The summed E-state index contributed by atoms with van der Waals surface area (Å²) in [6, 6.07) is 17.2. The van der Waals surface area contributed by atoms with E-state index in [9.17, 15) is 4.79 Å². The van der Waals surface area contributed by atoms with Gasteiger partial charge in [-0.2, -0.15) is 5.10 Å². The molecular formula is C20H21N3O2. The topological polar surface area (TPSA) is 67.0 Å². The monoisotopic (exact) mass is 335 g/mol. The minimum Gasteiger partial charge on any atom is -0.494 e. The molecule has 0 aliphatic heterocycles. The van der Waals surface area contributed by atoms with Crippen LogP contribution in [0.15, 0.2) is 54.6 Å². The zero-order valence-corrected chi connectivity index (χ0v) is 14.4. The summed E-state index contributed by atoms with van der Waals surface area (Å²) in [5.74, 6) is 0.767. The molecule has 1 aromatic heterocycles. The number of nitrogens with zero attached hydrogens (tertiary/aromatic N) is 1. The first-order valence-electron chi connectivity index (χ1n) is 8.28. The van der Waals surface area contributed by atoms with E-state index >= 15 is 0 Å². The van der Waals surface area contributed by atoms with Gasteiger partial charge in [-0.1, -0.05) is 24.3 Å². The third-order valence-electron chi connectivity index (χ3n) is 3.77. The molecule has 0 fully saturated rings. The van der Waals surface area contributed by atoms with Crippen molar-refractivity contribution in [2.75, 3.05) is 11.9 Å². The Balaban J connectivity index is 1.59. The second-order valence-electron chi connectivity index (χ2n) is 5.82. The molecule has 3 aromatic rings. The second-order valence-corrected chi connectivity index (χ2v) is 5.82. The normalized spacial score (nSPS) is 10.5. The highest BCUT2D eigenvalue weighted by molar-refractivity contribution is 5.92. The first kappa shape index (κ1) is 16.8. The zero-order chi connectivity index (χ0) is 17.6. The van der Waals surface area contributed by atoms with Gasteiger partial charge in [-0.3, -0.25) is 9.89 Å². The van der Waals surface area contributed by atoms with Crippen LogP contribution in [0.1, 0.15) is 18.2 Å². The van der Waals surface area contributed by atoms with Gasteiger partial charge in [0.25, 0.3) is 0 Å². The third-order valence-corrected chi connectivity index (χ3v) is 3.77. The maximum Gasteiger partial charge on any atom is 0.228 e. The van der Waals surface area contributed by atoms with E-state index in [0.717, 1.165) is 34.0 Å². The van der Waals surface area contributed by atoms with E-state index in [1.165, 1.54) is 0 Å². The van der Waals surface area contributed by atoms with Crippen molar-refractivity contribution in [1.82, 2.24) is 10.2 Å². The Kier molecular flexibility index (Phi) is 5.14. The summed E-state index contributed by atoms with van der Waals surface area (Å²) in [5, 5.41) is 10.1. The number of hydrogen-bond acceptors (Lipinski definition) is 3. The fraction of sp³-hybridized carbons (Fsp3) is 0.200. The van der Waals surface area contributed by atoms with Crippen molar-refractivity contribution in [2.45, 2.75) is 20.3 Å². The van der Waals surface area contributed by atoms with Crippen molar-refractivity contribution in [3.8, 4) is 17.0 Å². The molecule has 128 valence electrons. The van der Waals surface area contributed by atoms with Crippen molar-refractivity contribution in [2.24, 2.45) is 0 Å². The fourth-order valence-corrected chi connectivity index (χ4v) is 2.55. The van der Waals surface area contributed by atoms with Gasteiger partial charge in [0.15, 0.2) is 0 Å². The highest BCUT2D eigenvalue weighted by Gasteiger charge is 2.06. The summed E-state index contributed by atoms with van der Waals surface area (Å²) in [6.45, 7) is 4.54. The summed E-state index contributed by atoms with van der Waals surface area (Å²) in [5.41, 5.74) is 4.64. The van der Waals surface area contributed by atoms with Crippen LogP contribution in [0, 0.1) is 6.92 Å². The molecule has 1 heterocycles. The van der Waals surface area contributed by atoms with Crippen LogP contribution in [-0.4, -0.2) is 22.7 Å². The number of H-pyrrole nitrogens is 1. The zero-order valence-electron chi connectivity index (χ0n) is 14.4. The first-order chi connectivity index (χ1) is 12.1. The molecule has 0 aliphatic rings. The number of aromatic nitrogens is 2. The summed E-state index contributed by atoms with van der Waals surface area (Å²) < 4.78 is 5.40. The smallest absolute Gasteiger partial charge is 0.228 e. The molecule has 5 heteroatoms. The lowest BCUT2D eigenvalue weighted by Gasteiger charge is -2.07.